The van der Waals surface area contributed by atoms with Gasteiger partial charge in [0.2, 0.25) is 0 Å². The fourth-order valence-corrected chi connectivity index (χ4v) is 3.68. The van der Waals surface area contributed by atoms with Crippen LogP contribution in [0.15, 0.2) is 91.0 Å². The molecule has 3 aromatic rings. The van der Waals surface area contributed by atoms with Crippen LogP contribution < -0.4 is 0 Å². The van der Waals surface area contributed by atoms with Crippen molar-refractivity contribution in [1.29, 1.82) is 0 Å². The number of hydrogen-bond acceptors (Lipinski definition) is 2. The number of hydrogen-bond donors (Lipinski definition) is 0. The van der Waals surface area contributed by atoms with Gasteiger partial charge < -0.3 is 4.74 Å². The summed E-state index contributed by atoms with van der Waals surface area (Å²) in [6.07, 6.45) is 2.21. The van der Waals surface area contributed by atoms with Crippen molar-refractivity contribution in [1.82, 2.24) is 4.90 Å². The molecule has 0 aliphatic carbocycles. The molecule has 0 heterocycles. The number of methoxy groups -OCH3 is 1. The van der Waals surface area contributed by atoms with Gasteiger partial charge in [-0.05, 0) is 42.0 Å². The highest BCUT2D eigenvalue weighted by Gasteiger charge is 2.15. The Labute approximate surface area is 169 Å². The van der Waals surface area contributed by atoms with Crippen molar-refractivity contribution < 1.29 is 4.74 Å². The number of benzene rings is 3. The topological polar surface area (TPSA) is 12.5 Å². The Morgan fingerprint density at radius 1 is 0.714 bits per heavy atom. The lowest BCUT2D eigenvalue weighted by atomic mass is 9.89. The maximum atomic E-state index is 5.36. The van der Waals surface area contributed by atoms with Crippen LogP contribution in [0.3, 0.4) is 0 Å². The van der Waals surface area contributed by atoms with Crippen molar-refractivity contribution in [2.24, 2.45) is 0 Å². The van der Waals surface area contributed by atoms with Crippen LogP contribution >= 0.6 is 0 Å². The second-order valence-electron chi connectivity index (χ2n) is 7.34. The Morgan fingerprint density at radius 2 is 1.29 bits per heavy atom. The molecule has 0 saturated carbocycles. The van der Waals surface area contributed by atoms with E-state index in [4.69, 9.17) is 4.74 Å². The molecular formula is C26H31NO. The Morgan fingerprint density at radius 3 is 1.89 bits per heavy atom. The summed E-state index contributed by atoms with van der Waals surface area (Å²) >= 11 is 0. The zero-order valence-corrected chi connectivity index (χ0v) is 16.8. The van der Waals surface area contributed by atoms with Gasteiger partial charge in [0, 0.05) is 20.2 Å². The van der Waals surface area contributed by atoms with E-state index in [0.29, 0.717) is 5.92 Å². The molecule has 2 heteroatoms. The van der Waals surface area contributed by atoms with Gasteiger partial charge >= 0.3 is 0 Å². The summed E-state index contributed by atoms with van der Waals surface area (Å²) in [5.41, 5.74) is 4.19. The summed E-state index contributed by atoms with van der Waals surface area (Å²) in [7, 11) is 1.78. The molecule has 0 aliphatic rings. The van der Waals surface area contributed by atoms with Crippen LogP contribution in [0.4, 0.5) is 0 Å². The average molecular weight is 374 g/mol. The van der Waals surface area contributed by atoms with Crippen molar-refractivity contribution in [3.63, 3.8) is 0 Å². The van der Waals surface area contributed by atoms with Gasteiger partial charge in [0.1, 0.15) is 0 Å². The van der Waals surface area contributed by atoms with E-state index in [1.165, 1.54) is 16.7 Å². The predicted octanol–water partition coefficient (Wildman–Crippen LogP) is 5.55. The third-order valence-corrected chi connectivity index (χ3v) is 5.25. The number of nitrogens with zero attached hydrogens (tertiary/aromatic N) is 1. The van der Waals surface area contributed by atoms with E-state index in [9.17, 15) is 0 Å². The van der Waals surface area contributed by atoms with Gasteiger partial charge in [-0.25, -0.2) is 0 Å². The van der Waals surface area contributed by atoms with Crippen LogP contribution in [0.25, 0.3) is 0 Å². The minimum absolute atomic E-state index is 0.518. The molecule has 146 valence electrons. The monoisotopic (exact) mass is 373 g/mol. The summed E-state index contributed by atoms with van der Waals surface area (Å²) in [4.78, 5) is 2.51. The van der Waals surface area contributed by atoms with Gasteiger partial charge in [0.15, 0.2) is 0 Å². The summed E-state index contributed by atoms with van der Waals surface area (Å²) in [6, 6.07) is 32.5. The van der Waals surface area contributed by atoms with Gasteiger partial charge in [-0.3, -0.25) is 4.90 Å². The van der Waals surface area contributed by atoms with Crippen LogP contribution in [0.1, 0.15) is 29.0 Å². The van der Waals surface area contributed by atoms with E-state index in [0.717, 1.165) is 39.1 Å². The maximum Gasteiger partial charge on any atom is 0.0589 e. The Kier molecular flexibility index (Phi) is 8.29. The standard InChI is InChI=1S/C26H31NO/c1-28-20-19-27(22-24-13-7-3-8-14-24)18-17-26(25-15-9-4-10-16-25)21-23-11-5-2-6-12-23/h2-16,26H,17-22H2,1H3. The van der Waals surface area contributed by atoms with E-state index < -0.39 is 0 Å². The first-order valence-corrected chi connectivity index (χ1v) is 10.2. The first kappa shape index (κ1) is 20.3. The lowest BCUT2D eigenvalue weighted by molar-refractivity contribution is 0.141. The van der Waals surface area contributed by atoms with Crippen molar-refractivity contribution >= 4 is 0 Å². The van der Waals surface area contributed by atoms with Crippen LogP contribution in [-0.2, 0) is 17.7 Å². The fraction of sp³-hybridized carbons (Fsp3) is 0.308. The first-order valence-electron chi connectivity index (χ1n) is 10.2. The van der Waals surface area contributed by atoms with Crippen LogP contribution in [0.2, 0.25) is 0 Å². The Hall–Kier alpha value is -2.42. The number of ether oxygens (including phenoxy) is 1. The normalized spacial score (nSPS) is 12.2. The van der Waals surface area contributed by atoms with Crippen LogP contribution in [0.5, 0.6) is 0 Å². The van der Waals surface area contributed by atoms with Gasteiger partial charge in [-0.2, -0.15) is 0 Å². The minimum Gasteiger partial charge on any atom is -0.383 e. The lowest BCUT2D eigenvalue weighted by Gasteiger charge is -2.25. The minimum atomic E-state index is 0.518. The molecule has 0 N–H and O–H groups in total. The second kappa shape index (κ2) is 11.4. The molecule has 1 unspecified atom stereocenters. The molecule has 3 rings (SSSR count). The van der Waals surface area contributed by atoms with Crippen molar-refractivity contribution in [2.75, 3.05) is 26.8 Å². The molecule has 0 saturated heterocycles. The highest BCUT2D eigenvalue weighted by Crippen LogP contribution is 2.25. The first-order chi connectivity index (χ1) is 13.8. The highest BCUT2D eigenvalue weighted by atomic mass is 16.5. The molecule has 28 heavy (non-hydrogen) atoms. The Balaban J connectivity index is 1.68. The molecule has 0 amide bonds. The quantitative estimate of drug-likeness (QED) is 0.437. The molecule has 3 aromatic carbocycles. The summed E-state index contributed by atoms with van der Waals surface area (Å²) in [5, 5.41) is 0. The molecule has 0 fully saturated rings. The average Bonchev–Trinajstić information content (AvgIpc) is 2.76. The van der Waals surface area contributed by atoms with E-state index >= 15 is 0 Å². The summed E-state index contributed by atoms with van der Waals surface area (Å²) < 4.78 is 5.36. The third kappa shape index (κ3) is 6.63. The van der Waals surface area contributed by atoms with Gasteiger partial charge in [0.25, 0.3) is 0 Å². The van der Waals surface area contributed by atoms with Gasteiger partial charge in [0.05, 0.1) is 6.61 Å². The van der Waals surface area contributed by atoms with Gasteiger partial charge in [-0.15, -0.1) is 0 Å². The third-order valence-electron chi connectivity index (χ3n) is 5.25. The van der Waals surface area contributed by atoms with Gasteiger partial charge in [-0.1, -0.05) is 91.0 Å². The highest BCUT2D eigenvalue weighted by molar-refractivity contribution is 5.24. The molecule has 0 spiro atoms. The summed E-state index contributed by atoms with van der Waals surface area (Å²) in [6.45, 7) is 3.75. The molecule has 0 bridgehead atoms. The predicted molar refractivity (Wildman–Crippen MR) is 118 cm³/mol. The molecule has 0 aliphatic heterocycles. The van der Waals surface area contributed by atoms with Crippen molar-refractivity contribution in [2.45, 2.75) is 25.3 Å². The van der Waals surface area contributed by atoms with E-state index in [1.807, 2.05) is 0 Å². The zero-order valence-electron chi connectivity index (χ0n) is 16.8. The number of rotatable bonds is 11. The smallest absolute Gasteiger partial charge is 0.0589 e. The van der Waals surface area contributed by atoms with Crippen molar-refractivity contribution in [3.05, 3.63) is 108 Å². The zero-order chi connectivity index (χ0) is 19.4. The largest absolute Gasteiger partial charge is 0.383 e. The molecule has 0 radical (unpaired) electrons. The molecule has 2 nitrogen and oxygen atoms in total. The summed E-state index contributed by atoms with van der Waals surface area (Å²) in [5.74, 6) is 0.518. The van der Waals surface area contributed by atoms with Crippen LogP contribution in [-0.4, -0.2) is 31.7 Å². The van der Waals surface area contributed by atoms with Crippen LogP contribution in [0, 0.1) is 0 Å². The van der Waals surface area contributed by atoms with Crippen molar-refractivity contribution in [3.8, 4) is 0 Å². The van der Waals surface area contributed by atoms with E-state index in [2.05, 4.69) is 95.9 Å². The molecule has 0 aromatic heterocycles. The van der Waals surface area contributed by atoms with E-state index in [1.54, 1.807) is 7.11 Å². The SMILES string of the molecule is COCCN(CCC(Cc1ccccc1)c1ccccc1)Cc1ccccc1. The fourth-order valence-electron chi connectivity index (χ4n) is 3.68. The molecule has 1 atom stereocenters. The Bertz CT molecular complexity index is 773. The maximum absolute atomic E-state index is 5.36. The van der Waals surface area contributed by atoms with E-state index in [-0.39, 0.29) is 0 Å². The second-order valence-corrected chi connectivity index (χ2v) is 7.34. The molecular weight excluding hydrogens is 342 g/mol. The lowest BCUT2D eigenvalue weighted by Crippen LogP contribution is -2.29.